The van der Waals surface area contributed by atoms with E-state index in [-0.39, 0.29) is 30.3 Å². The largest absolute Gasteiger partial charge is 0.353 e. The van der Waals surface area contributed by atoms with Crippen molar-refractivity contribution in [3.05, 3.63) is 0 Å². The average molecular weight is 301 g/mol. The van der Waals surface area contributed by atoms with Gasteiger partial charge in [-0.2, -0.15) is 0 Å². The SMILES string of the molecule is CC1(C)CCC(NC(=O)C2C3CCC(C3)C2N)CC1.Cl. The van der Waals surface area contributed by atoms with Crippen molar-refractivity contribution < 1.29 is 4.79 Å². The number of fused-ring (bicyclic) bond motifs is 2. The molecule has 3 saturated carbocycles. The second kappa shape index (κ2) is 5.84. The third-order valence-corrected chi connectivity index (χ3v) is 5.97. The van der Waals surface area contributed by atoms with Crippen LogP contribution < -0.4 is 11.1 Å². The molecule has 0 aromatic heterocycles. The Morgan fingerprint density at radius 2 is 1.70 bits per heavy atom. The molecule has 1 amide bonds. The van der Waals surface area contributed by atoms with Crippen LogP contribution in [0.25, 0.3) is 0 Å². The van der Waals surface area contributed by atoms with Crippen LogP contribution in [0.2, 0.25) is 0 Å². The van der Waals surface area contributed by atoms with Gasteiger partial charge in [-0.3, -0.25) is 4.79 Å². The standard InChI is InChI=1S/C16H28N2O.ClH/c1-16(2)7-5-12(6-8-16)18-15(19)13-10-3-4-11(9-10)14(13)17;/h10-14H,3-9,17H2,1-2H3,(H,18,19);1H. The molecule has 20 heavy (non-hydrogen) atoms. The number of rotatable bonds is 2. The molecule has 0 radical (unpaired) electrons. The first-order valence-electron chi connectivity index (χ1n) is 8.02. The maximum atomic E-state index is 12.5. The Morgan fingerprint density at radius 3 is 2.25 bits per heavy atom. The van der Waals surface area contributed by atoms with Gasteiger partial charge in [0.2, 0.25) is 5.91 Å². The van der Waals surface area contributed by atoms with Gasteiger partial charge in [0.25, 0.3) is 0 Å². The van der Waals surface area contributed by atoms with E-state index >= 15 is 0 Å². The lowest BCUT2D eigenvalue weighted by molar-refractivity contribution is -0.128. The van der Waals surface area contributed by atoms with Crippen LogP contribution in [-0.2, 0) is 4.79 Å². The third-order valence-electron chi connectivity index (χ3n) is 5.97. The van der Waals surface area contributed by atoms with Gasteiger partial charge in [0.05, 0.1) is 5.92 Å². The monoisotopic (exact) mass is 300 g/mol. The molecule has 0 saturated heterocycles. The summed E-state index contributed by atoms with van der Waals surface area (Å²) in [5, 5.41) is 3.29. The number of nitrogens with two attached hydrogens (primary N) is 1. The number of nitrogens with one attached hydrogen (secondary N) is 1. The Kier molecular flexibility index (Phi) is 4.70. The van der Waals surface area contributed by atoms with E-state index < -0.39 is 0 Å². The van der Waals surface area contributed by atoms with E-state index in [9.17, 15) is 4.79 Å². The van der Waals surface area contributed by atoms with Crippen LogP contribution in [-0.4, -0.2) is 18.0 Å². The van der Waals surface area contributed by atoms with Gasteiger partial charge in [-0.25, -0.2) is 0 Å². The highest BCUT2D eigenvalue weighted by atomic mass is 35.5. The highest BCUT2D eigenvalue weighted by molar-refractivity contribution is 5.85. The molecule has 0 spiro atoms. The molecule has 0 aromatic rings. The predicted octanol–water partition coefficient (Wildman–Crippen LogP) is 2.87. The summed E-state index contributed by atoms with van der Waals surface area (Å²) in [6, 6.07) is 0.519. The van der Waals surface area contributed by atoms with Crippen molar-refractivity contribution in [3.63, 3.8) is 0 Å². The molecule has 0 aromatic carbocycles. The lowest BCUT2D eigenvalue weighted by Crippen LogP contribution is -2.49. The summed E-state index contributed by atoms with van der Waals surface area (Å²) in [5.41, 5.74) is 6.71. The van der Waals surface area contributed by atoms with E-state index in [4.69, 9.17) is 5.73 Å². The highest BCUT2D eigenvalue weighted by Crippen LogP contribution is 2.47. The fourth-order valence-corrected chi connectivity index (χ4v) is 4.57. The molecule has 3 nitrogen and oxygen atoms in total. The summed E-state index contributed by atoms with van der Waals surface area (Å²) in [4.78, 5) is 12.5. The molecule has 3 aliphatic carbocycles. The van der Waals surface area contributed by atoms with Crippen molar-refractivity contribution in [3.8, 4) is 0 Å². The number of carbonyl (C=O) groups is 1. The molecule has 116 valence electrons. The fourth-order valence-electron chi connectivity index (χ4n) is 4.57. The molecule has 2 bridgehead atoms. The first-order valence-corrected chi connectivity index (χ1v) is 8.02. The molecule has 4 atom stereocenters. The van der Waals surface area contributed by atoms with Crippen LogP contribution >= 0.6 is 12.4 Å². The van der Waals surface area contributed by atoms with Crippen LogP contribution in [0.15, 0.2) is 0 Å². The van der Waals surface area contributed by atoms with Crippen molar-refractivity contribution >= 4 is 18.3 Å². The Balaban J connectivity index is 0.00000147. The Morgan fingerprint density at radius 1 is 1.10 bits per heavy atom. The van der Waals surface area contributed by atoms with E-state index in [1.165, 1.54) is 32.1 Å². The summed E-state index contributed by atoms with van der Waals surface area (Å²) in [5.74, 6) is 1.55. The van der Waals surface area contributed by atoms with Crippen molar-refractivity contribution in [1.29, 1.82) is 0 Å². The second-order valence-electron chi connectivity index (χ2n) is 7.88. The Labute approximate surface area is 128 Å². The van der Waals surface area contributed by atoms with Crippen LogP contribution in [0, 0.1) is 23.2 Å². The quantitative estimate of drug-likeness (QED) is 0.824. The van der Waals surface area contributed by atoms with Gasteiger partial charge >= 0.3 is 0 Å². The number of hydrogen-bond acceptors (Lipinski definition) is 2. The van der Waals surface area contributed by atoms with E-state index in [2.05, 4.69) is 19.2 Å². The zero-order valence-electron chi connectivity index (χ0n) is 12.7. The predicted molar refractivity (Wildman–Crippen MR) is 83.7 cm³/mol. The lowest BCUT2D eigenvalue weighted by Gasteiger charge is -2.36. The smallest absolute Gasteiger partial charge is 0.225 e. The second-order valence-corrected chi connectivity index (χ2v) is 7.88. The van der Waals surface area contributed by atoms with E-state index in [0.29, 0.717) is 23.3 Å². The van der Waals surface area contributed by atoms with Crippen molar-refractivity contribution in [2.24, 2.45) is 28.9 Å². The average Bonchev–Trinajstić information content (AvgIpc) is 2.92. The third kappa shape index (κ3) is 2.99. The van der Waals surface area contributed by atoms with Gasteiger partial charge in [-0.1, -0.05) is 13.8 Å². The molecule has 3 aliphatic rings. The summed E-state index contributed by atoms with van der Waals surface area (Å²) in [6.45, 7) is 4.66. The zero-order chi connectivity index (χ0) is 13.6. The van der Waals surface area contributed by atoms with Gasteiger partial charge in [0, 0.05) is 12.1 Å². The van der Waals surface area contributed by atoms with Gasteiger partial charge in [0.1, 0.15) is 0 Å². The minimum atomic E-state index is 0. The van der Waals surface area contributed by atoms with Crippen molar-refractivity contribution in [2.75, 3.05) is 0 Å². The Bertz CT molecular complexity index is 359. The minimum Gasteiger partial charge on any atom is -0.353 e. The zero-order valence-corrected chi connectivity index (χ0v) is 13.5. The van der Waals surface area contributed by atoms with Crippen molar-refractivity contribution in [1.82, 2.24) is 5.32 Å². The lowest BCUT2D eigenvalue weighted by atomic mass is 9.75. The van der Waals surface area contributed by atoms with Crippen molar-refractivity contribution in [2.45, 2.75) is 70.9 Å². The molecular weight excluding hydrogens is 272 g/mol. The summed E-state index contributed by atoms with van der Waals surface area (Å²) < 4.78 is 0. The summed E-state index contributed by atoms with van der Waals surface area (Å²) in [6.07, 6.45) is 8.36. The Hall–Kier alpha value is -0.280. The van der Waals surface area contributed by atoms with Gasteiger partial charge in [-0.05, 0) is 62.2 Å². The molecular formula is C16H29ClN2O. The van der Waals surface area contributed by atoms with Crippen LogP contribution in [0.5, 0.6) is 0 Å². The number of hydrogen-bond donors (Lipinski definition) is 2. The molecule has 0 heterocycles. The molecule has 3 N–H and O–H groups in total. The summed E-state index contributed by atoms with van der Waals surface area (Å²) >= 11 is 0. The van der Waals surface area contributed by atoms with Crippen LogP contribution in [0.1, 0.15) is 58.8 Å². The van der Waals surface area contributed by atoms with E-state index in [1.807, 2.05) is 0 Å². The topological polar surface area (TPSA) is 55.1 Å². The number of halogens is 1. The summed E-state index contributed by atoms with van der Waals surface area (Å²) in [7, 11) is 0. The fraction of sp³-hybridized carbons (Fsp3) is 0.938. The van der Waals surface area contributed by atoms with Crippen LogP contribution in [0.3, 0.4) is 0 Å². The molecule has 4 unspecified atom stereocenters. The minimum absolute atomic E-state index is 0. The molecule has 0 aliphatic heterocycles. The first-order chi connectivity index (χ1) is 8.96. The number of carbonyl (C=O) groups excluding carboxylic acids is 1. The van der Waals surface area contributed by atoms with E-state index in [1.54, 1.807) is 0 Å². The van der Waals surface area contributed by atoms with Gasteiger partial charge in [-0.15, -0.1) is 12.4 Å². The molecule has 4 heteroatoms. The maximum Gasteiger partial charge on any atom is 0.225 e. The first kappa shape index (κ1) is 16.1. The maximum absolute atomic E-state index is 12.5. The van der Waals surface area contributed by atoms with Crippen LogP contribution in [0.4, 0.5) is 0 Å². The molecule has 3 rings (SSSR count). The number of amides is 1. The van der Waals surface area contributed by atoms with Gasteiger partial charge in [0.15, 0.2) is 0 Å². The normalized spacial score (nSPS) is 39.4. The van der Waals surface area contributed by atoms with Gasteiger partial charge < -0.3 is 11.1 Å². The van der Waals surface area contributed by atoms with E-state index in [0.717, 1.165) is 12.8 Å². The highest BCUT2D eigenvalue weighted by Gasteiger charge is 2.49. The molecule has 3 fully saturated rings.